The second-order valence-corrected chi connectivity index (χ2v) is 5.99. The molecule has 1 atom stereocenters. The summed E-state index contributed by atoms with van der Waals surface area (Å²) in [6, 6.07) is 7.91. The maximum atomic E-state index is 12.1. The second-order valence-electron chi connectivity index (χ2n) is 5.99. The van der Waals surface area contributed by atoms with Crippen LogP contribution in [0.25, 0.3) is 0 Å². The van der Waals surface area contributed by atoms with Crippen LogP contribution >= 0.6 is 0 Å². The minimum atomic E-state index is -0.723. The molecule has 2 aliphatic heterocycles. The molecule has 2 aliphatic rings. The molecule has 0 aromatic heterocycles. The van der Waals surface area contributed by atoms with Gasteiger partial charge in [-0.2, -0.15) is 0 Å². The molecular weight excluding hydrogens is 268 g/mol. The van der Waals surface area contributed by atoms with E-state index >= 15 is 0 Å². The molecule has 1 fully saturated rings. The van der Waals surface area contributed by atoms with Gasteiger partial charge in [0.05, 0.1) is 5.60 Å². The molecule has 3 rings (SSSR count). The van der Waals surface area contributed by atoms with E-state index in [0.717, 1.165) is 11.3 Å². The van der Waals surface area contributed by atoms with Crippen molar-refractivity contribution in [2.24, 2.45) is 0 Å². The third-order valence-electron chi connectivity index (χ3n) is 4.53. The normalized spacial score (nSPS) is 24.8. The number of fused-ring (bicyclic) bond motifs is 1. The van der Waals surface area contributed by atoms with Gasteiger partial charge in [-0.1, -0.05) is 18.2 Å². The summed E-state index contributed by atoms with van der Waals surface area (Å²) in [4.78, 5) is 13.8. The molecule has 0 bridgehead atoms. The summed E-state index contributed by atoms with van der Waals surface area (Å²) in [6.07, 6.45) is 1.71. The minimum absolute atomic E-state index is 0.0308. The number of hydrogen-bond acceptors (Lipinski definition) is 4. The molecule has 1 amide bonds. The third-order valence-corrected chi connectivity index (χ3v) is 4.53. The molecule has 21 heavy (non-hydrogen) atoms. The lowest BCUT2D eigenvalue weighted by atomic mass is 9.91. The highest BCUT2D eigenvalue weighted by Crippen LogP contribution is 2.33. The predicted octanol–water partition coefficient (Wildman–Crippen LogP) is 1.23. The van der Waals surface area contributed by atoms with Crippen LogP contribution in [0.4, 0.5) is 5.69 Å². The van der Waals surface area contributed by atoms with Crippen LogP contribution in [0, 0.1) is 0 Å². The van der Waals surface area contributed by atoms with Gasteiger partial charge in [-0.25, -0.2) is 0 Å². The molecule has 2 heterocycles. The summed E-state index contributed by atoms with van der Waals surface area (Å²) in [6.45, 7) is 1.69. The Morgan fingerprint density at radius 1 is 1.38 bits per heavy atom. The quantitative estimate of drug-likeness (QED) is 0.879. The van der Waals surface area contributed by atoms with Gasteiger partial charge in [-0.3, -0.25) is 4.79 Å². The maximum absolute atomic E-state index is 12.1. The molecule has 1 aromatic rings. The monoisotopic (exact) mass is 290 g/mol. The number of aliphatic hydroxyl groups is 1. The molecule has 5 nitrogen and oxygen atoms in total. The summed E-state index contributed by atoms with van der Waals surface area (Å²) in [5.41, 5.74) is 1.35. The van der Waals surface area contributed by atoms with Gasteiger partial charge in [-0.05, 0) is 11.6 Å². The van der Waals surface area contributed by atoms with Crippen LogP contribution in [0.5, 0.6) is 0 Å². The zero-order valence-electron chi connectivity index (χ0n) is 12.3. The minimum Gasteiger partial charge on any atom is -0.388 e. The van der Waals surface area contributed by atoms with Crippen molar-refractivity contribution in [2.75, 3.05) is 31.7 Å². The molecule has 114 valence electrons. The lowest BCUT2D eigenvalue weighted by Gasteiger charge is -2.36. The smallest absolute Gasteiger partial charge is 0.228 e. The number of hydrogen-bond donors (Lipinski definition) is 2. The SMILES string of the molecule is CN1C(=O)CC(NCC2(O)CCOCC2)c2ccccc21. The number of amides is 1. The standard InChI is InChI=1S/C16H22N2O3/c1-18-14-5-3-2-4-12(14)13(10-15(18)19)17-11-16(20)6-8-21-9-7-16/h2-5,13,17,20H,6-11H2,1H3. The molecule has 1 aromatic carbocycles. The molecule has 0 saturated carbocycles. The number of carbonyl (C=O) groups is 1. The number of benzene rings is 1. The average Bonchev–Trinajstić information content (AvgIpc) is 2.50. The topological polar surface area (TPSA) is 61.8 Å². The molecule has 1 saturated heterocycles. The van der Waals surface area contributed by atoms with E-state index < -0.39 is 5.60 Å². The zero-order valence-corrected chi connectivity index (χ0v) is 12.3. The van der Waals surface area contributed by atoms with E-state index in [-0.39, 0.29) is 11.9 Å². The number of carbonyl (C=O) groups excluding carboxylic acids is 1. The van der Waals surface area contributed by atoms with Crippen molar-refractivity contribution < 1.29 is 14.6 Å². The highest BCUT2D eigenvalue weighted by Gasteiger charge is 2.33. The van der Waals surface area contributed by atoms with Crippen LogP contribution < -0.4 is 10.2 Å². The summed E-state index contributed by atoms with van der Waals surface area (Å²) in [7, 11) is 1.81. The Kier molecular flexibility index (Phi) is 3.97. The molecule has 0 spiro atoms. The Morgan fingerprint density at radius 2 is 2.10 bits per heavy atom. The first-order chi connectivity index (χ1) is 10.1. The van der Waals surface area contributed by atoms with Crippen LogP contribution in [0.15, 0.2) is 24.3 Å². The fourth-order valence-electron chi connectivity index (χ4n) is 3.07. The zero-order chi connectivity index (χ0) is 14.9. The highest BCUT2D eigenvalue weighted by atomic mass is 16.5. The van der Waals surface area contributed by atoms with Crippen molar-refractivity contribution in [3.05, 3.63) is 29.8 Å². The predicted molar refractivity (Wildman–Crippen MR) is 80.2 cm³/mol. The Balaban J connectivity index is 1.74. The van der Waals surface area contributed by atoms with Crippen molar-refractivity contribution in [1.82, 2.24) is 5.32 Å². The summed E-state index contributed by atoms with van der Waals surface area (Å²) in [5.74, 6) is 0.102. The number of nitrogens with one attached hydrogen (secondary N) is 1. The number of nitrogens with zero attached hydrogens (tertiary/aromatic N) is 1. The van der Waals surface area contributed by atoms with Gasteiger partial charge in [0.2, 0.25) is 5.91 Å². The molecular formula is C16H22N2O3. The third kappa shape index (κ3) is 2.95. The van der Waals surface area contributed by atoms with Gasteiger partial charge in [0.15, 0.2) is 0 Å². The lowest BCUT2D eigenvalue weighted by Crippen LogP contribution is -2.47. The van der Waals surface area contributed by atoms with E-state index in [1.54, 1.807) is 4.90 Å². The largest absolute Gasteiger partial charge is 0.388 e. The van der Waals surface area contributed by atoms with E-state index in [4.69, 9.17) is 4.74 Å². The number of rotatable bonds is 3. The molecule has 0 aliphatic carbocycles. The van der Waals surface area contributed by atoms with Gasteiger partial charge in [-0.15, -0.1) is 0 Å². The number of anilines is 1. The highest BCUT2D eigenvalue weighted by molar-refractivity contribution is 5.96. The van der Waals surface area contributed by atoms with Crippen LogP contribution in [0.2, 0.25) is 0 Å². The van der Waals surface area contributed by atoms with Crippen molar-refractivity contribution in [1.29, 1.82) is 0 Å². The first-order valence-corrected chi connectivity index (χ1v) is 7.48. The van der Waals surface area contributed by atoms with Crippen LogP contribution in [0.1, 0.15) is 30.9 Å². The van der Waals surface area contributed by atoms with Gasteiger partial charge < -0.3 is 20.1 Å². The average molecular weight is 290 g/mol. The van der Waals surface area contributed by atoms with E-state index in [0.29, 0.717) is 39.0 Å². The Labute approximate surface area is 124 Å². The van der Waals surface area contributed by atoms with Gasteiger partial charge in [0.25, 0.3) is 0 Å². The van der Waals surface area contributed by atoms with Crippen LogP contribution in [-0.4, -0.2) is 43.4 Å². The van der Waals surface area contributed by atoms with Crippen molar-refractivity contribution in [2.45, 2.75) is 30.9 Å². The van der Waals surface area contributed by atoms with Crippen LogP contribution in [-0.2, 0) is 9.53 Å². The number of para-hydroxylation sites is 1. The van der Waals surface area contributed by atoms with E-state index in [1.165, 1.54) is 0 Å². The first kappa shape index (κ1) is 14.5. The van der Waals surface area contributed by atoms with E-state index in [9.17, 15) is 9.90 Å². The Bertz CT molecular complexity index is 526. The van der Waals surface area contributed by atoms with E-state index in [1.807, 2.05) is 31.3 Å². The molecule has 2 N–H and O–H groups in total. The Hall–Kier alpha value is -1.43. The molecule has 0 radical (unpaired) electrons. The van der Waals surface area contributed by atoms with Gasteiger partial charge >= 0.3 is 0 Å². The first-order valence-electron chi connectivity index (χ1n) is 7.48. The van der Waals surface area contributed by atoms with E-state index in [2.05, 4.69) is 5.32 Å². The fourth-order valence-corrected chi connectivity index (χ4v) is 3.07. The van der Waals surface area contributed by atoms with Gasteiger partial charge in [0.1, 0.15) is 0 Å². The lowest BCUT2D eigenvalue weighted by molar-refractivity contribution is -0.119. The second kappa shape index (κ2) is 5.75. The Morgan fingerprint density at radius 3 is 2.86 bits per heavy atom. The fraction of sp³-hybridized carbons (Fsp3) is 0.562. The van der Waals surface area contributed by atoms with Crippen molar-refractivity contribution >= 4 is 11.6 Å². The van der Waals surface area contributed by atoms with Crippen molar-refractivity contribution in [3.8, 4) is 0 Å². The maximum Gasteiger partial charge on any atom is 0.228 e. The van der Waals surface area contributed by atoms with Gasteiger partial charge in [0, 0.05) is 57.8 Å². The van der Waals surface area contributed by atoms with Crippen LogP contribution in [0.3, 0.4) is 0 Å². The summed E-state index contributed by atoms with van der Waals surface area (Å²) in [5, 5.41) is 13.9. The van der Waals surface area contributed by atoms with Crippen molar-refractivity contribution in [3.63, 3.8) is 0 Å². The number of ether oxygens (including phenoxy) is 1. The molecule has 1 unspecified atom stereocenters. The summed E-state index contributed by atoms with van der Waals surface area (Å²) >= 11 is 0. The molecule has 5 heteroatoms. The summed E-state index contributed by atoms with van der Waals surface area (Å²) < 4.78 is 5.30.